The van der Waals surface area contributed by atoms with Crippen molar-refractivity contribution in [3.8, 4) is 0 Å². The van der Waals surface area contributed by atoms with Crippen molar-refractivity contribution in [2.75, 3.05) is 4.72 Å². The maximum Gasteiger partial charge on any atom is 0.271 e. The summed E-state index contributed by atoms with van der Waals surface area (Å²) in [5, 5.41) is 14.4. The summed E-state index contributed by atoms with van der Waals surface area (Å²) in [4.78, 5) is 22.4. The van der Waals surface area contributed by atoms with Crippen molar-refractivity contribution < 1.29 is 18.1 Å². The van der Waals surface area contributed by atoms with Gasteiger partial charge in [0.05, 0.1) is 16.0 Å². The van der Waals surface area contributed by atoms with Gasteiger partial charge in [-0.15, -0.1) is 0 Å². The highest BCUT2D eigenvalue weighted by molar-refractivity contribution is 7.92. The van der Waals surface area contributed by atoms with Crippen LogP contribution < -0.4 is 10.1 Å². The molecule has 0 saturated carbocycles. The number of carbonyl (C=O) groups excluding carboxylic acids is 1. The number of hydrogen-bond donors (Lipinski definition) is 2. The number of aryl methyl sites for hydroxylation is 1. The van der Waals surface area contributed by atoms with Crippen LogP contribution in [0.3, 0.4) is 0 Å². The quantitative estimate of drug-likeness (QED) is 0.331. The lowest BCUT2D eigenvalue weighted by Gasteiger charge is -2.09. The molecule has 0 aliphatic rings. The van der Waals surface area contributed by atoms with Crippen molar-refractivity contribution in [2.24, 2.45) is 5.10 Å². The summed E-state index contributed by atoms with van der Waals surface area (Å²) in [5.41, 5.74) is 4.41. The molecule has 0 radical (unpaired) electrons. The number of nitro groups is 1. The van der Waals surface area contributed by atoms with Gasteiger partial charge in [0.2, 0.25) is 0 Å². The van der Waals surface area contributed by atoms with Crippen LogP contribution in [0.1, 0.15) is 21.5 Å². The minimum Gasteiger partial charge on any atom is -0.280 e. The lowest BCUT2D eigenvalue weighted by molar-refractivity contribution is -0.384. The topological polar surface area (TPSA) is 131 Å². The first-order chi connectivity index (χ1) is 14.7. The van der Waals surface area contributed by atoms with Gasteiger partial charge in [-0.3, -0.25) is 19.6 Å². The number of nitro benzene ring substituents is 1. The van der Waals surface area contributed by atoms with Crippen LogP contribution >= 0.6 is 0 Å². The molecule has 1 amide bonds. The van der Waals surface area contributed by atoms with E-state index in [0.717, 1.165) is 5.56 Å². The summed E-state index contributed by atoms with van der Waals surface area (Å²) in [5.74, 6) is -0.494. The number of hydrogen-bond acceptors (Lipinski definition) is 6. The highest BCUT2D eigenvalue weighted by Gasteiger charge is 2.14. The van der Waals surface area contributed by atoms with Gasteiger partial charge in [-0.2, -0.15) is 5.10 Å². The molecular formula is C21H18N4O5S. The third-order valence-electron chi connectivity index (χ3n) is 4.21. The second-order valence-electron chi connectivity index (χ2n) is 6.54. The molecule has 3 aromatic rings. The zero-order valence-corrected chi connectivity index (χ0v) is 17.2. The van der Waals surface area contributed by atoms with Crippen molar-refractivity contribution in [3.05, 3.63) is 99.6 Å². The molecule has 0 spiro atoms. The summed E-state index contributed by atoms with van der Waals surface area (Å²) >= 11 is 0. The summed E-state index contributed by atoms with van der Waals surface area (Å²) < 4.78 is 27.3. The van der Waals surface area contributed by atoms with Gasteiger partial charge in [-0.25, -0.2) is 13.8 Å². The van der Waals surface area contributed by atoms with Crippen LogP contribution in [0, 0.1) is 17.0 Å². The summed E-state index contributed by atoms with van der Waals surface area (Å²) in [7, 11) is -3.73. The van der Waals surface area contributed by atoms with Crippen LogP contribution in [0.2, 0.25) is 0 Å². The number of benzene rings is 3. The Morgan fingerprint density at radius 1 is 0.968 bits per heavy atom. The number of rotatable bonds is 7. The molecule has 0 heterocycles. The van der Waals surface area contributed by atoms with E-state index in [1.165, 1.54) is 66.9 Å². The second kappa shape index (κ2) is 9.18. The van der Waals surface area contributed by atoms with Crippen molar-refractivity contribution in [2.45, 2.75) is 11.8 Å². The number of anilines is 1. The fourth-order valence-corrected chi connectivity index (χ4v) is 3.59. The van der Waals surface area contributed by atoms with Gasteiger partial charge >= 0.3 is 0 Å². The maximum atomic E-state index is 12.4. The molecule has 31 heavy (non-hydrogen) atoms. The molecule has 0 bridgehead atoms. The van der Waals surface area contributed by atoms with E-state index in [1.54, 1.807) is 12.1 Å². The SMILES string of the molecule is Cc1ccc(S(=O)(=O)Nc2ccc(C(=O)N/N=C\c3ccc([N+](=O)[O-])cc3)cc2)cc1. The van der Waals surface area contributed by atoms with E-state index in [2.05, 4.69) is 15.2 Å². The van der Waals surface area contributed by atoms with E-state index in [9.17, 15) is 23.3 Å². The smallest absolute Gasteiger partial charge is 0.271 e. The molecule has 0 fully saturated rings. The van der Waals surface area contributed by atoms with Gasteiger partial charge in [0.25, 0.3) is 21.6 Å². The minimum absolute atomic E-state index is 0.0423. The van der Waals surface area contributed by atoms with Crippen molar-refractivity contribution in [1.29, 1.82) is 0 Å². The molecule has 3 rings (SSSR count). The number of nitrogens with zero attached hydrogens (tertiary/aromatic N) is 2. The molecule has 2 N–H and O–H groups in total. The van der Waals surface area contributed by atoms with E-state index in [4.69, 9.17) is 0 Å². The van der Waals surface area contributed by atoms with E-state index in [1.807, 2.05) is 6.92 Å². The number of nitrogens with one attached hydrogen (secondary N) is 2. The normalized spacial score (nSPS) is 11.3. The Labute approximate surface area is 178 Å². The Morgan fingerprint density at radius 2 is 1.58 bits per heavy atom. The van der Waals surface area contributed by atoms with E-state index >= 15 is 0 Å². The minimum atomic E-state index is -3.73. The molecule has 3 aromatic carbocycles. The van der Waals surface area contributed by atoms with Crippen LogP contribution in [-0.2, 0) is 10.0 Å². The van der Waals surface area contributed by atoms with Gasteiger partial charge in [0, 0.05) is 23.4 Å². The highest BCUT2D eigenvalue weighted by atomic mass is 32.2. The van der Waals surface area contributed by atoms with Crippen molar-refractivity contribution >= 4 is 33.5 Å². The lowest BCUT2D eigenvalue weighted by atomic mass is 10.2. The predicted octanol–water partition coefficient (Wildman–Crippen LogP) is 3.47. The fourth-order valence-electron chi connectivity index (χ4n) is 2.53. The molecule has 0 aromatic heterocycles. The van der Waals surface area contributed by atoms with Gasteiger partial charge < -0.3 is 0 Å². The van der Waals surface area contributed by atoms with Crippen LogP contribution in [0.15, 0.2) is 82.8 Å². The maximum absolute atomic E-state index is 12.4. The summed E-state index contributed by atoms with van der Waals surface area (Å²) in [6.07, 6.45) is 1.35. The first-order valence-corrected chi connectivity index (χ1v) is 10.5. The average Bonchev–Trinajstić information content (AvgIpc) is 2.74. The number of amides is 1. The molecule has 10 heteroatoms. The van der Waals surface area contributed by atoms with E-state index < -0.39 is 20.9 Å². The molecule has 158 valence electrons. The Bertz CT molecular complexity index is 1220. The molecule has 0 aliphatic heterocycles. The monoisotopic (exact) mass is 438 g/mol. The zero-order valence-electron chi connectivity index (χ0n) is 16.3. The van der Waals surface area contributed by atoms with Gasteiger partial charge in [0.15, 0.2) is 0 Å². The largest absolute Gasteiger partial charge is 0.280 e. The van der Waals surface area contributed by atoms with Gasteiger partial charge in [-0.1, -0.05) is 17.7 Å². The third-order valence-corrected chi connectivity index (χ3v) is 5.61. The molecular weight excluding hydrogens is 420 g/mol. The third kappa shape index (κ3) is 5.73. The second-order valence-corrected chi connectivity index (χ2v) is 8.23. The van der Waals surface area contributed by atoms with Crippen molar-refractivity contribution in [3.63, 3.8) is 0 Å². The number of non-ortho nitro benzene ring substituents is 1. The highest BCUT2D eigenvalue weighted by Crippen LogP contribution is 2.17. The van der Waals surface area contributed by atoms with Crippen LogP contribution in [0.25, 0.3) is 0 Å². The van der Waals surface area contributed by atoms with Crippen molar-refractivity contribution in [1.82, 2.24) is 5.43 Å². The molecule has 0 saturated heterocycles. The van der Waals surface area contributed by atoms with E-state index in [-0.39, 0.29) is 16.1 Å². The Hall–Kier alpha value is -4.05. The number of carbonyl (C=O) groups is 1. The van der Waals surface area contributed by atoms with Crippen LogP contribution in [0.4, 0.5) is 11.4 Å². The number of sulfonamides is 1. The standard InChI is InChI=1S/C21H18N4O5S/c1-15-2-12-20(13-3-15)31(29,30)24-18-8-6-17(7-9-18)21(26)23-22-14-16-4-10-19(11-5-16)25(27)28/h2-14,24H,1H3,(H,23,26)/b22-14-. The number of hydrazone groups is 1. The summed E-state index contributed by atoms with van der Waals surface area (Å²) in [6, 6.07) is 18.0. The van der Waals surface area contributed by atoms with Crippen LogP contribution in [-0.4, -0.2) is 25.5 Å². The Kier molecular flexibility index (Phi) is 6.41. The first-order valence-electron chi connectivity index (χ1n) is 9.02. The Morgan fingerprint density at radius 3 is 2.16 bits per heavy atom. The molecule has 0 aliphatic carbocycles. The predicted molar refractivity (Wildman–Crippen MR) is 117 cm³/mol. The lowest BCUT2D eigenvalue weighted by Crippen LogP contribution is -2.18. The summed E-state index contributed by atoms with van der Waals surface area (Å²) in [6.45, 7) is 1.86. The van der Waals surface area contributed by atoms with Crippen LogP contribution in [0.5, 0.6) is 0 Å². The average molecular weight is 438 g/mol. The first kappa shape index (κ1) is 21.7. The molecule has 9 nitrogen and oxygen atoms in total. The van der Waals surface area contributed by atoms with E-state index in [0.29, 0.717) is 11.3 Å². The fraction of sp³-hybridized carbons (Fsp3) is 0.0476. The van der Waals surface area contributed by atoms with Gasteiger partial charge in [-0.05, 0) is 61.0 Å². The van der Waals surface area contributed by atoms with Gasteiger partial charge in [0.1, 0.15) is 0 Å². The zero-order chi connectivity index (χ0) is 22.4. The Balaban J connectivity index is 1.60. The molecule has 0 atom stereocenters. The molecule has 0 unspecified atom stereocenters.